The number of rotatable bonds is 1. The maximum absolute atomic E-state index is 12.0. The Morgan fingerprint density at radius 2 is 2.14 bits per heavy atom. The van der Waals surface area contributed by atoms with Crippen molar-refractivity contribution in [3.63, 3.8) is 0 Å². The number of hydrogen-bond acceptors (Lipinski definition) is 3. The van der Waals surface area contributed by atoms with Crippen LogP contribution in [0.3, 0.4) is 0 Å². The number of benzene rings is 1. The fourth-order valence-corrected chi connectivity index (χ4v) is 4.70. The molecule has 110 valence electrons. The van der Waals surface area contributed by atoms with Crippen LogP contribution in [0.2, 0.25) is 0 Å². The number of fused-ring (bicyclic) bond motifs is 5. The highest BCUT2D eigenvalue weighted by molar-refractivity contribution is 5.96. The number of aryl methyl sites for hydroxylation is 1. The van der Waals surface area contributed by atoms with Gasteiger partial charge in [-0.05, 0) is 72.9 Å². The summed E-state index contributed by atoms with van der Waals surface area (Å²) in [5, 5.41) is 11.1. The zero-order chi connectivity index (χ0) is 14.6. The van der Waals surface area contributed by atoms with E-state index in [1.807, 2.05) is 6.07 Å². The number of allylic oxidation sites excluding steroid dienone is 1. The number of carbonyl (C=O) groups excluding carboxylic acids is 1. The van der Waals surface area contributed by atoms with Crippen LogP contribution in [0.1, 0.15) is 36.3 Å². The van der Waals surface area contributed by atoms with E-state index in [1.54, 1.807) is 19.3 Å². The molecule has 1 aromatic carbocycles. The zero-order valence-electron chi connectivity index (χ0n) is 12.2. The van der Waals surface area contributed by atoms with Gasteiger partial charge in [0.05, 0.1) is 18.6 Å². The fourth-order valence-electron chi connectivity index (χ4n) is 4.70. The van der Waals surface area contributed by atoms with E-state index >= 15 is 0 Å². The van der Waals surface area contributed by atoms with E-state index in [0.717, 1.165) is 31.4 Å². The van der Waals surface area contributed by atoms with Crippen molar-refractivity contribution in [1.82, 2.24) is 0 Å². The van der Waals surface area contributed by atoms with Gasteiger partial charge in [-0.15, -0.1) is 0 Å². The van der Waals surface area contributed by atoms with Crippen molar-refractivity contribution in [2.75, 3.05) is 7.11 Å². The van der Waals surface area contributed by atoms with Crippen molar-refractivity contribution in [2.45, 2.75) is 37.2 Å². The maximum Gasteiger partial charge on any atom is 0.161 e. The first-order chi connectivity index (χ1) is 10.1. The van der Waals surface area contributed by atoms with Crippen LogP contribution in [0.15, 0.2) is 30.4 Å². The second kappa shape index (κ2) is 4.44. The van der Waals surface area contributed by atoms with Gasteiger partial charge in [-0.3, -0.25) is 4.79 Å². The molecule has 21 heavy (non-hydrogen) atoms. The Balaban J connectivity index is 1.74. The molecule has 0 radical (unpaired) electrons. The van der Waals surface area contributed by atoms with Gasteiger partial charge < -0.3 is 9.84 Å². The van der Waals surface area contributed by atoms with E-state index in [9.17, 15) is 9.90 Å². The van der Waals surface area contributed by atoms with Crippen LogP contribution >= 0.6 is 0 Å². The first-order valence-electron chi connectivity index (χ1n) is 7.76. The van der Waals surface area contributed by atoms with E-state index in [2.05, 4.69) is 12.1 Å². The summed E-state index contributed by atoms with van der Waals surface area (Å²) in [5.74, 6) is 1.32. The second-order valence-corrected chi connectivity index (χ2v) is 6.57. The first kappa shape index (κ1) is 13.1. The number of carbonyl (C=O) groups is 1. The van der Waals surface area contributed by atoms with Crippen molar-refractivity contribution < 1.29 is 14.6 Å². The van der Waals surface area contributed by atoms with Gasteiger partial charge in [-0.2, -0.15) is 0 Å². The summed E-state index contributed by atoms with van der Waals surface area (Å²) in [4.78, 5) is 12.0. The first-order valence-corrected chi connectivity index (χ1v) is 7.76. The Morgan fingerprint density at radius 3 is 2.95 bits per heavy atom. The number of methoxy groups -OCH3 is 1. The minimum atomic E-state index is -0.919. The van der Waals surface area contributed by atoms with E-state index in [-0.39, 0.29) is 17.6 Å². The molecule has 4 atom stereocenters. The molecule has 0 heterocycles. The molecular formula is C18H20O3. The van der Waals surface area contributed by atoms with Crippen LogP contribution in [-0.2, 0) is 11.2 Å². The number of hydrogen-bond donors (Lipinski definition) is 1. The summed E-state index contributed by atoms with van der Waals surface area (Å²) in [7, 11) is 1.69. The third-order valence-electron chi connectivity index (χ3n) is 5.74. The van der Waals surface area contributed by atoms with E-state index in [4.69, 9.17) is 4.74 Å². The van der Waals surface area contributed by atoms with Crippen LogP contribution in [0.5, 0.6) is 5.75 Å². The van der Waals surface area contributed by atoms with Crippen LogP contribution in [0.25, 0.3) is 0 Å². The van der Waals surface area contributed by atoms with Crippen LogP contribution in [0.4, 0.5) is 0 Å². The number of ketones is 1. The topological polar surface area (TPSA) is 46.5 Å². The quantitative estimate of drug-likeness (QED) is 0.862. The number of ether oxygens (including phenoxy) is 1. The molecule has 1 N–H and O–H groups in total. The van der Waals surface area contributed by atoms with E-state index < -0.39 is 5.60 Å². The van der Waals surface area contributed by atoms with Crippen molar-refractivity contribution in [2.24, 2.45) is 11.8 Å². The third-order valence-corrected chi connectivity index (χ3v) is 5.74. The summed E-state index contributed by atoms with van der Waals surface area (Å²) in [5.41, 5.74) is 1.76. The fraction of sp³-hybridized carbons (Fsp3) is 0.500. The molecule has 0 aliphatic heterocycles. The lowest BCUT2D eigenvalue weighted by Crippen LogP contribution is -2.50. The van der Waals surface area contributed by atoms with Gasteiger partial charge in [0.15, 0.2) is 5.78 Å². The Labute approximate surface area is 124 Å². The van der Waals surface area contributed by atoms with E-state index in [0.29, 0.717) is 5.92 Å². The molecule has 0 saturated heterocycles. The highest BCUT2D eigenvalue weighted by atomic mass is 16.5. The van der Waals surface area contributed by atoms with Gasteiger partial charge in [0.25, 0.3) is 0 Å². The smallest absolute Gasteiger partial charge is 0.161 e. The van der Waals surface area contributed by atoms with Crippen LogP contribution in [0, 0.1) is 11.8 Å². The summed E-state index contributed by atoms with van der Waals surface area (Å²) < 4.78 is 5.31. The Hall–Kier alpha value is -1.61. The van der Waals surface area contributed by atoms with E-state index in [1.165, 1.54) is 11.1 Å². The van der Waals surface area contributed by atoms with Crippen molar-refractivity contribution in [3.05, 3.63) is 41.5 Å². The summed E-state index contributed by atoms with van der Waals surface area (Å²) >= 11 is 0. The molecule has 1 saturated carbocycles. The van der Waals surface area contributed by atoms with Crippen LogP contribution < -0.4 is 4.74 Å². The van der Waals surface area contributed by atoms with Gasteiger partial charge >= 0.3 is 0 Å². The molecule has 3 aliphatic rings. The van der Waals surface area contributed by atoms with Gasteiger partial charge in [0, 0.05) is 0 Å². The lowest BCUT2D eigenvalue weighted by atomic mass is 9.58. The molecule has 0 unspecified atom stereocenters. The predicted octanol–water partition coefficient (Wildman–Crippen LogP) is 2.62. The monoisotopic (exact) mass is 284 g/mol. The minimum Gasteiger partial charge on any atom is -0.497 e. The third kappa shape index (κ3) is 1.73. The molecular weight excluding hydrogens is 264 g/mol. The highest BCUT2D eigenvalue weighted by Crippen LogP contribution is 2.54. The zero-order valence-corrected chi connectivity index (χ0v) is 12.2. The number of aliphatic hydroxyl groups is 1. The van der Waals surface area contributed by atoms with Gasteiger partial charge in [-0.25, -0.2) is 0 Å². The van der Waals surface area contributed by atoms with Crippen molar-refractivity contribution >= 4 is 5.78 Å². The maximum atomic E-state index is 12.0. The molecule has 3 nitrogen and oxygen atoms in total. The summed E-state index contributed by atoms with van der Waals surface area (Å²) in [6.07, 6.45) is 7.03. The molecule has 3 heteroatoms. The molecule has 0 spiro atoms. The lowest BCUT2D eigenvalue weighted by molar-refractivity contribution is -0.130. The SMILES string of the molecule is COc1ccc2c(c1)CC[C@@H]1[C@@H]2CC[C@@H]2C(=O)C=C[C@@]21O. The lowest BCUT2D eigenvalue weighted by Gasteiger charge is -2.48. The molecule has 3 aliphatic carbocycles. The van der Waals surface area contributed by atoms with Crippen LogP contribution in [-0.4, -0.2) is 23.6 Å². The summed E-state index contributed by atoms with van der Waals surface area (Å²) in [6, 6.07) is 6.28. The average molecular weight is 284 g/mol. The van der Waals surface area contributed by atoms with Gasteiger partial charge in [0.1, 0.15) is 5.75 Å². The second-order valence-electron chi connectivity index (χ2n) is 6.57. The molecule has 4 rings (SSSR count). The average Bonchev–Trinajstić information content (AvgIpc) is 2.82. The standard InChI is InChI=1S/C18H20O3/c1-21-12-3-4-13-11(10-12)2-6-15-14(13)5-7-16-17(19)8-9-18(15,16)20/h3-4,8-10,14-16,20H,2,5-7H2,1H3/t14-,15-,16-,18+/m1/s1. The Kier molecular flexibility index (Phi) is 2.77. The largest absolute Gasteiger partial charge is 0.497 e. The highest BCUT2D eigenvalue weighted by Gasteiger charge is 2.54. The molecule has 1 fully saturated rings. The Bertz CT molecular complexity index is 633. The van der Waals surface area contributed by atoms with Gasteiger partial charge in [-0.1, -0.05) is 6.07 Å². The Morgan fingerprint density at radius 1 is 1.29 bits per heavy atom. The van der Waals surface area contributed by atoms with Gasteiger partial charge in [0.2, 0.25) is 0 Å². The molecule has 1 aromatic rings. The summed E-state index contributed by atoms with van der Waals surface area (Å²) in [6.45, 7) is 0. The van der Waals surface area contributed by atoms with Crippen molar-refractivity contribution in [1.29, 1.82) is 0 Å². The molecule has 0 amide bonds. The molecule has 0 bridgehead atoms. The normalized spacial score (nSPS) is 36.9. The van der Waals surface area contributed by atoms with Crippen molar-refractivity contribution in [3.8, 4) is 5.75 Å². The predicted molar refractivity (Wildman–Crippen MR) is 79.4 cm³/mol. The minimum absolute atomic E-state index is 0.108. The molecule has 0 aromatic heterocycles.